The van der Waals surface area contributed by atoms with Crippen LogP contribution in [0.1, 0.15) is 27.8 Å². The zero-order valence-corrected chi connectivity index (χ0v) is 8.36. The van der Waals surface area contributed by atoms with Gasteiger partial charge in [0.05, 0.1) is 5.56 Å². The molecule has 1 heterocycles. The van der Waals surface area contributed by atoms with E-state index in [0.717, 1.165) is 6.08 Å². The van der Waals surface area contributed by atoms with E-state index in [1.54, 1.807) is 0 Å². The van der Waals surface area contributed by atoms with Gasteiger partial charge in [-0.15, -0.1) is 0 Å². The summed E-state index contributed by atoms with van der Waals surface area (Å²) in [7, 11) is 0. The second kappa shape index (κ2) is 3.89. The predicted octanol–water partition coefficient (Wildman–Crippen LogP) is 2.42. The van der Waals surface area contributed by atoms with E-state index in [1.807, 2.05) is 0 Å². The SMILES string of the molecule is O=C1OC(O)c2cc(C=CC(F)(F)F)ccc21. The van der Waals surface area contributed by atoms with Crippen molar-refractivity contribution in [2.75, 3.05) is 0 Å². The Kier molecular flexibility index (Phi) is 2.66. The number of fused-ring (bicyclic) bond motifs is 1. The second-order valence-electron chi connectivity index (χ2n) is 3.48. The van der Waals surface area contributed by atoms with Crippen molar-refractivity contribution in [3.05, 3.63) is 41.0 Å². The number of benzene rings is 1. The maximum Gasteiger partial charge on any atom is 0.409 e. The third kappa shape index (κ3) is 2.47. The van der Waals surface area contributed by atoms with Crippen molar-refractivity contribution in [2.24, 2.45) is 0 Å². The van der Waals surface area contributed by atoms with Crippen LogP contribution in [0.25, 0.3) is 6.08 Å². The summed E-state index contributed by atoms with van der Waals surface area (Å²) in [5.41, 5.74) is 0.583. The summed E-state index contributed by atoms with van der Waals surface area (Å²) in [6, 6.07) is 3.96. The Labute approximate surface area is 94.1 Å². The van der Waals surface area contributed by atoms with Gasteiger partial charge in [-0.05, 0) is 17.7 Å². The number of esters is 1. The van der Waals surface area contributed by atoms with Gasteiger partial charge in [0, 0.05) is 11.6 Å². The number of alkyl halides is 3. The summed E-state index contributed by atoms with van der Waals surface area (Å²) in [6.45, 7) is 0. The van der Waals surface area contributed by atoms with Crippen LogP contribution in [0.3, 0.4) is 0 Å². The minimum atomic E-state index is -4.40. The van der Waals surface area contributed by atoms with Crippen LogP contribution in [0.5, 0.6) is 0 Å². The molecule has 0 amide bonds. The van der Waals surface area contributed by atoms with Crippen molar-refractivity contribution in [1.29, 1.82) is 0 Å². The molecule has 0 aromatic heterocycles. The lowest BCUT2D eigenvalue weighted by Crippen LogP contribution is -2.00. The normalized spacial score (nSPS) is 19.5. The van der Waals surface area contributed by atoms with E-state index in [1.165, 1.54) is 18.2 Å². The fourth-order valence-electron chi connectivity index (χ4n) is 1.49. The molecule has 6 heteroatoms. The highest BCUT2D eigenvalue weighted by Crippen LogP contribution is 2.29. The summed E-state index contributed by atoms with van der Waals surface area (Å²) in [5, 5.41) is 9.31. The maximum absolute atomic E-state index is 11.9. The summed E-state index contributed by atoms with van der Waals surface area (Å²) >= 11 is 0. The van der Waals surface area contributed by atoms with Crippen LogP contribution in [0.2, 0.25) is 0 Å². The zero-order valence-electron chi connectivity index (χ0n) is 8.36. The first-order valence-electron chi connectivity index (χ1n) is 4.66. The van der Waals surface area contributed by atoms with Crippen molar-refractivity contribution in [2.45, 2.75) is 12.5 Å². The number of halogens is 3. The zero-order chi connectivity index (χ0) is 12.6. The molecule has 0 radical (unpaired) electrons. The Morgan fingerprint density at radius 2 is 2.06 bits per heavy atom. The van der Waals surface area contributed by atoms with Crippen LogP contribution in [-0.2, 0) is 4.74 Å². The Balaban J connectivity index is 2.32. The molecule has 3 nitrogen and oxygen atoms in total. The molecule has 0 bridgehead atoms. The number of allylic oxidation sites excluding steroid dienone is 1. The third-order valence-corrected chi connectivity index (χ3v) is 2.25. The predicted molar refractivity (Wildman–Crippen MR) is 51.9 cm³/mol. The van der Waals surface area contributed by atoms with E-state index in [0.29, 0.717) is 0 Å². The largest absolute Gasteiger partial charge is 0.428 e. The lowest BCUT2D eigenvalue weighted by Gasteiger charge is -2.02. The van der Waals surface area contributed by atoms with Crippen molar-refractivity contribution >= 4 is 12.0 Å². The Bertz CT molecular complexity index is 491. The van der Waals surface area contributed by atoms with Gasteiger partial charge in [-0.3, -0.25) is 0 Å². The molecular formula is C11H7F3O3. The number of rotatable bonds is 1. The molecule has 1 N–H and O–H groups in total. The van der Waals surface area contributed by atoms with Crippen molar-refractivity contribution in [3.8, 4) is 0 Å². The van der Waals surface area contributed by atoms with Gasteiger partial charge in [0.2, 0.25) is 6.29 Å². The third-order valence-electron chi connectivity index (χ3n) is 2.25. The van der Waals surface area contributed by atoms with Crippen LogP contribution in [0.4, 0.5) is 13.2 Å². The summed E-state index contributed by atoms with van der Waals surface area (Å²) in [4.78, 5) is 11.1. The van der Waals surface area contributed by atoms with Gasteiger partial charge in [0.25, 0.3) is 0 Å². The van der Waals surface area contributed by atoms with Crippen LogP contribution < -0.4 is 0 Å². The number of aliphatic hydroxyl groups is 1. The van der Waals surface area contributed by atoms with Crippen LogP contribution in [-0.4, -0.2) is 17.3 Å². The van der Waals surface area contributed by atoms with Gasteiger partial charge in [-0.2, -0.15) is 13.2 Å². The molecule has 1 unspecified atom stereocenters. The Morgan fingerprint density at radius 1 is 1.35 bits per heavy atom. The van der Waals surface area contributed by atoms with E-state index < -0.39 is 18.4 Å². The smallest absolute Gasteiger partial charge is 0.409 e. The van der Waals surface area contributed by atoms with Gasteiger partial charge >= 0.3 is 12.1 Å². The van der Waals surface area contributed by atoms with Crippen molar-refractivity contribution in [3.63, 3.8) is 0 Å². The Hall–Kier alpha value is -1.82. The summed E-state index contributed by atoms with van der Waals surface area (Å²) in [5.74, 6) is -0.682. The molecule has 1 aromatic rings. The molecule has 0 saturated carbocycles. The minimum Gasteiger partial charge on any atom is -0.428 e. The molecule has 1 atom stereocenters. The van der Waals surface area contributed by atoms with Crippen molar-refractivity contribution < 1.29 is 27.8 Å². The van der Waals surface area contributed by atoms with Crippen molar-refractivity contribution in [1.82, 2.24) is 0 Å². The maximum atomic E-state index is 11.9. The summed E-state index contributed by atoms with van der Waals surface area (Å²) < 4.78 is 40.3. The molecule has 90 valence electrons. The molecule has 2 rings (SSSR count). The number of hydrogen-bond acceptors (Lipinski definition) is 3. The number of hydrogen-bond donors (Lipinski definition) is 1. The number of ether oxygens (including phenoxy) is 1. The molecule has 0 aliphatic carbocycles. The lowest BCUT2D eigenvalue weighted by molar-refractivity contribution is -0.0790. The highest BCUT2D eigenvalue weighted by Gasteiger charge is 2.29. The van der Waals surface area contributed by atoms with E-state index in [9.17, 15) is 23.1 Å². The molecule has 1 aromatic carbocycles. The average molecular weight is 244 g/mol. The molecular weight excluding hydrogens is 237 g/mol. The average Bonchev–Trinajstić information content (AvgIpc) is 2.51. The molecule has 1 aliphatic rings. The fourth-order valence-corrected chi connectivity index (χ4v) is 1.49. The molecule has 17 heavy (non-hydrogen) atoms. The highest BCUT2D eigenvalue weighted by molar-refractivity contribution is 5.94. The first-order valence-corrected chi connectivity index (χ1v) is 4.66. The van der Waals surface area contributed by atoms with Crippen LogP contribution >= 0.6 is 0 Å². The van der Waals surface area contributed by atoms with E-state index in [2.05, 4.69) is 4.74 Å². The molecule has 0 spiro atoms. The Morgan fingerprint density at radius 3 is 2.71 bits per heavy atom. The second-order valence-corrected chi connectivity index (χ2v) is 3.48. The van der Waals surface area contributed by atoms with Crippen LogP contribution in [0, 0.1) is 0 Å². The first kappa shape index (κ1) is 11.7. The number of aliphatic hydroxyl groups excluding tert-OH is 1. The monoisotopic (exact) mass is 244 g/mol. The minimum absolute atomic E-state index is 0.0821. The van der Waals surface area contributed by atoms with E-state index in [-0.39, 0.29) is 22.8 Å². The van der Waals surface area contributed by atoms with E-state index >= 15 is 0 Å². The quantitative estimate of drug-likeness (QED) is 0.772. The number of carbonyl (C=O) groups is 1. The summed E-state index contributed by atoms with van der Waals surface area (Å²) in [6.07, 6.45) is -4.87. The van der Waals surface area contributed by atoms with Gasteiger partial charge < -0.3 is 9.84 Å². The highest BCUT2D eigenvalue weighted by atomic mass is 19.4. The van der Waals surface area contributed by atoms with Gasteiger partial charge in [-0.25, -0.2) is 4.79 Å². The standard InChI is InChI=1S/C11H7F3O3/c12-11(13,14)4-3-6-1-2-7-8(5-6)10(16)17-9(7)15/h1-5,10,16H. The molecule has 0 saturated heterocycles. The fraction of sp³-hybridized carbons (Fsp3) is 0.182. The first-order chi connectivity index (χ1) is 7.87. The molecule has 0 fully saturated rings. The number of carbonyl (C=O) groups excluding carboxylic acids is 1. The lowest BCUT2D eigenvalue weighted by atomic mass is 10.1. The number of cyclic esters (lactones) is 1. The van der Waals surface area contributed by atoms with Gasteiger partial charge in [0.15, 0.2) is 0 Å². The van der Waals surface area contributed by atoms with Gasteiger partial charge in [0.1, 0.15) is 0 Å². The molecule has 1 aliphatic heterocycles. The van der Waals surface area contributed by atoms with E-state index in [4.69, 9.17) is 0 Å². The topological polar surface area (TPSA) is 46.5 Å². The van der Waals surface area contributed by atoms with Crippen LogP contribution in [0.15, 0.2) is 24.3 Å². The van der Waals surface area contributed by atoms with Gasteiger partial charge in [-0.1, -0.05) is 12.1 Å².